The molecule has 0 radical (unpaired) electrons. The van der Waals surface area contributed by atoms with Gasteiger partial charge in [0.05, 0.1) is 6.21 Å². The number of nitrogens with zero attached hydrogens (tertiary/aromatic N) is 2. The van der Waals surface area contributed by atoms with Crippen LogP contribution in [0.15, 0.2) is 16.5 Å². The van der Waals surface area contributed by atoms with Crippen molar-refractivity contribution in [3.63, 3.8) is 0 Å². The zero-order chi connectivity index (χ0) is 14.4. The molecule has 0 spiro atoms. The van der Waals surface area contributed by atoms with Crippen LogP contribution in [0, 0.1) is 6.92 Å². The molecule has 0 aromatic carbocycles. The Morgan fingerprint density at radius 1 is 1.30 bits per heavy atom. The smallest absolute Gasteiger partial charge is 0.329 e. The molecule has 20 heavy (non-hydrogen) atoms. The Labute approximate surface area is 122 Å². The third-order valence-corrected chi connectivity index (χ3v) is 4.29. The highest BCUT2D eigenvalue weighted by molar-refractivity contribution is 7.11. The minimum atomic E-state index is -0.655. The van der Waals surface area contributed by atoms with Crippen LogP contribution in [-0.4, -0.2) is 36.0 Å². The average Bonchev–Trinajstić information content (AvgIpc) is 2.70. The molecule has 2 heterocycles. The van der Waals surface area contributed by atoms with E-state index in [1.165, 1.54) is 0 Å². The number of likely N-dealkylation sites (tertiary alicyclic amines) is 1. The third-order valence-electron chi connectivity index (χ3n) is 3.34. The molecule has 1 saturated heterocycles. The molecule has 1 N–H and O–H groups in total. The summed E-state index contributed by atoms with van der Waals surface area (Å²) in [6.07, 6.45) is 5.77. The first-order valence-corrected chi connectivity index (χ1v) is 7.73. The normalized spacial score (nSPS) is 16.1. The van der Waals surface area contributed by atoms with Crippen molar-refractivity contribution < 1.29 is 9.59 Å². The zero-order valence-electron chi connectivity index (χ0n) is 11.6. The van der Waals surface area contributed by atoms with Crippen molar-refractivity contribution in [2.75, 3.05) is 13.1 Å². The van der Waals surface area contributed by atoms with Gasteiger partial charge in [0, 0.05) is 18.0 Å². The van der Waals surface area contributed by atoms with Gasteiger partial charge in [-0.05, 0) is 36.8 Å². The van der Waals surface area contributed by atoms with Crippen molar-refractivity contribution in [1.29, 1.82) is 0 Å². The molecule has 5 nitrogen and oxygen atoms in total. The Bertz CT molecular complexity index is 502. The lowest BCUT2D eigenvalue weighted by molar-refractivity contribution is -0.145. The number of hydrogen-bond donors (Lipinski definition) is 1. The summed E-state index contributed by atoms with van der Waals surface area (Å²) >= 11 is 1.54. The van der Waals surface area contributed by atoms with Gasteiger partial charge in [-0.2, -0.15) is 5.10 Å². The lowest BCUT2D eigenvalue weighted by atomic mass is 10.2. The molecule has 6 heteroatoms. The minimum Gasteiger partial charge on any atom is -0.334 e. The molecule has 0 saturated carbocycles. The van der Waals surface area contributed by atoms with Crippen LogP contribution in [0.5, 0.6) is 0 Å². The molecule has 1 aromatic heterocycles. The molecule has 0 atom stereocenters. The summed E-state index contributed by atoms with van der Waals surface area (Å²) in [6, 6.07) is 1.98. The van der Waals surface area contributed by atoms with E-state index in [1.807, 2.05) is 18.4 Å². The molecule has 0 unspecified atom stereocenters. The number of hydrogen-bond acceptors (Lipinski definition) is 4. The predicted octanol–water partition coefficient (Wildman–Crippen LogP) is 1.91. The third kappa shape index (κ3) is 3.90. The molecule has 1 aliphatic heterocycles. The van der Waals surface area contributed by atoms with E-state index in [1.54, 1.807) is 22.5 Å². The second-order valence-corrected chi connectivity index (χ2v) is 5.82. The number of hydrazone groups is 1. The molecule has 1 fully saturated rings. The van der Waals surface area contributed by atoms with E-state index in [2.05, 4.69) is 10.5 Å². The Hall–Kier alpha value is -1.69. The molecule has 1 aromatic rings. The summed E-state index contributed by atoms with van der Waals surface area (Å²) in [6.45, 7) is 3.31. The fraction of sp³-hybridized carbons (Fsp3) is 0.500. The number of carbonyl (C=O) groups excluding carboxylic acids is 2. The Kier molecular flexibility index (Phi) is 5.29. The summed E-state index contributed by atoms with van der Waals surface area (Å²) in [7, 11) is 0. The summed E-state index contributed by atoms with van der Waals surface area (Å²) in [5.41, 5.74) is 3.42. The molecular formula is C14H19N3O2S. The van der Waals surface area contributed by atoms with Crippen molar-refractivity contribution in [2.24, 2.45) is 5.10 Å². The van der Waals surface area contributed by atoms with Gasteiger partial charge < -0.3 is 4.90 Å². The van der Waals surface area contributed by atoms with Crippen molar-refractivity contribution >= 4 is 29.4 Å². The molecule has 108 valence electrons. The first-order valence-electron chi connectivity index (χ1n) is 6.85. The summed E-state index contributed by atoms with van der Waals surface area (Å²) < 4.78 is 0. The number of nitrogens with one attached hydrogen (secondary N) is 1. The summed E-state index contributed by atoms with van der Waals surface area (Å²) in [5.74, 6) is -1.13. The number of aryl methyl sites for hydroxylation is 1. The van der Waals surface area contributed by atoms with Crippen LogP contribution in [0.3, 0.4) is 0 Å². The summed E-state index contributed by atoms with van der Waals surface area (Å²) in [5, 5.41) is 5.81. The van der Waals surface area contributed by atoms with Crippen LogP contribution in [0.1, 0.15) is 36.1 Å². The fourth-order valence-corrected chi connectivity index (χ4v) is 2.92. The van der Waals surface area contributed by atoms with E-state index in [9.17, 15) is 9.59 Å². The number of rotatable bonds is 2. The quantitative estimate of drug-likeness (QED) is 0.514. The lowest BCUT2D eigenvalue weighted by Crippen LogP contribution is -2.41. The largest absolute Gasteiger partial charge is 0.334 e. The van der Waals surface area contributed by atoms with Gasteiger partial charge in [0.1, 0.15) is 0 Å². The van der Waals surface area contributed by atoms with Crippen LogP contribution < -0.4 is 5.43 Å². The number of amides is 2. The molecule has 0 aliphatic carbocycles. The van der Waals surface area contributed by atoms with Crippen LogP contribution in [0.4, 0.5) is 0 Å². The summed E-state index contributed by atoms with van der Waals surface area (Å²) in [4.78, 5) is 26.3. The highest BCUT2D eigenvalue weighted by Crippen LogP contribution is 2.12. The van der Waals surface area contributed by atoms with Crippen LogP contribution in [-0.2, 0) is 9.59 Å². The predicted molar refractivity (Wildman–Crippen MR) is 79.8 cm³/mol. The molecular weight excluding hydrogens is 274 g/mol. The van der Waals surface area contributed by atoms with Gasteiger partial charge in [0.15, 0.2) is 0 Å². The Morgan fingerprint density at radius 3 is 2.60 bits per heavy atom. The van der Waals surface area contributed by atoms with Crippen LogP contribution >= 0.6 is 11.3 Å². The highest BCUT2D eigenvalue weighted by Gasteiger charge is 2.22. The van der Waals surface area contributed by atoms with Gasteiger partial charge >= 0.3 is 11.8 Å². The maximum atomic E-state index is 12.0. The highest BCUT2D eigenvalue weighted by atomic mass is 32.1. The number of carbonyl (C=O) groups is 2. The molecule has 1 aliphatic rings. The Balaban J connectivity index is 1.86. The van der Waals surface area contributed by atoms with Crippen molar-refractivity contribution in [1.82, 2.24) is 10.3 Å². The van der Waals surface area contributed by atoms with Crippen molar-refractivity contribution in [2.45, 2.75) is 32.6 Å². The number of thiophene rings is 1. The molecule has 0 bridgehead atoms. The van der Waals surface area contributed by atoms with Gasteiger partial charge in [-0.15, -0.1) is 11.3 Å². The van der Waals surface area contributed by atoms with Gasteiger partial charge in [-0.1, -0.05) is 12.8 Å². The van der Waals surface area contributed by atoms with Gasteiger partial charge in [-0.3, -0.25) is 9.59 Å². The topological polar surface area (TPSA) is 61.8 Å². The van der Waals surface area contributed by atoms with E-state index in [-0.39, 0.29) is 0 Å². The van der Waals surface area contributed by atoms with Crippen LogP contribution in [0.25, 0.3) is 0 Å². The first-order chi connectivity index (χ1) is 9.68. The standard InChI is InChI=1S/C14H19N3O2S/c1-11-6-9-20-12(11)10-15-16-13(18)14(19)17-7-4-2-3-5-8-17/h6,9-10H,2-5,7-8H2,1H3,(H,16,18)/b15-10+. The first kappa shape index (κ1) is 14.7. The van der Waals surface area contributed by atoms with Gasteiger partial charge in [0.2, 0.25) is 0 Å². The van der Waals surface area contributed by atoms with Gasteiger partial charge in [0.25, 0.3) is 0 Å². The van der Waals surface area contributed by atoms with E-state index in [4.69, 9.17) is 0 Å². The van der Waals surface area contributed by atoms with Crippen LogP contribution in [0.2, 0.25) is 0 Å². The average molecular weight is 293 g/mol. The van der Waals surface area contributed by atoms with E-state index in [0.29, 0.717) is 13.1 Å². The SMILES string of the molecule is Cc1ccsc1/C=N/NC(=O)C(=O)N1CCCCCC1. The maximum Gasteiger partial charge on any atom is 0.329 e. The molecule has 2 amide bonds. The second-order valence-electron chi connectivity index (χ2n) is 4.87. The van der Waals surface area contributed by atoms with E-state index < -0.39 is 11.8 Å². The van der Waals surface area contributed by atoms with E-state index >= 15 is 0 Å². The molecule has 2 rings (SSSR count). The van der Waals surface area contributed by atoms with Crippen molar-refractivity contribution in [3.05, 3.63) is 21.9 Å². The minimum absolute atomic E-state index is 0.480. The fourth-order valence-electron chi connectivity index (χ4n) is 2.13. The Morgan fingerprint density at radius 2 is 2.00 bits per heavy atom. The second kappa shape index (κ2) is 7.19. The van der Waals surface area contributed by atoms with E-state index in [0.717, 1.165) is 36.1 Å². The van der Waals surface area contributed by atoms with Crippen molar-refractivity contribution in [3.8, 4) is 0 Å². The maximum absolute atomic E-state index is 12.0. The lowest BCUT2D eigenvalue weighted by Gasteiger charge is -2.18. The van der Waals surface area contributed by atoms with Gasteiger partial charge in [-0.25, -0.2) is 5.43 Å². The monoisotopic (exact) mass is 293 g/mol. The zero-order valence-corrected chi connectivity index (χ0v) is 12.4.